The van der Waals surface area contributed by atoms with Gasteiger partial charge < -0.3 is 15.6 Å². The first-order valence-electron chi connectivity index (χ1n) is 5.05. The molecule has 3 N–H and O–H groups in total. The summed E-state index contributed by atoms with van der Waals surface area (Å²) in [5.74, 6) is 0. The predicted molar refractivity (Wildman–Crippen MR) is 73.0 cm³/mol. The molecule has 0 bridgehead atoms. The van der Waals surface area contributed by atoms with Gasteiger partial charge in [0.05, 0.1) is 23.3 Å². The van der Waals surface area contributed by atoms with E-state index in [2.05, 4.69) is 0 Å². The van der Waals surface area contributed by atoms with Crippen LogP contribution < -0.4 is 5.73 Å². The number of ether oxygens (including phenoxy) is 1. The van der Waals surface area contributed by atoms with Crippen molar-refractivity contribution in [2.24, 2.45) is 5.73 Å². The van der Waals surface area contributed by atoms with Crippen molar-refractivity contribution in [1.82, 2.24) is 0 Å². The smallest absolute Gasteiger partial charge is 0.0625 e. The Bertz CT molecular complexity index is 365. The number of hydrogen-bond donors (Lipinski definition) is 2. The van der Waals surface area contributed by atoms with E-state index in [0.29, 0.717) is 16.7 Å². The Balaban J connectivity index is 2.70. The Labute approximate surface area is 115 Å². The van der Waals surface area contributed by atoms with Crippen LogP contribution in [0.4, 0.5) is 0 Å². The molecule has 0 aliphatic heterocycles. The number of hydrogen-bond acceptors (Lipinski definition) is 4. The average molecular weight is 296 g/mol. The highest BCUT2D eigenvalue weighted by molar-refractivity contribution is 8.00. The highest BCUT2D eigenvalue weighted by Gasteiger charge is 2.18. The zero-order valence-electron chi connectivity index (χ0n) is 9.40. The number of benzene rings is 1. The average Bonchev–Trinajstić information content (AvgIpc) is 2.30. The molecule has 6 heteroatoms. The summed E-state index contributed by atoms with van der Waals surface area (Å²) in [7, 11) is 1.58. The van der Waals surface area contributed by atoms with Gasteiger partial charge in [-0.05, 0) is 18.2 Å². The second kappa shape index (κ2) is 7.46. The molecule has 17 heavy (non-hydrogen) atoms. The van der Waals surface area contributed by atoms with Crippen molar-refractivity contribution in [1.29, 1.82) is 0 Å². The fraction of sp³-hybridized carbons (Fsp3) is 0.455. The van der Waals surface area contributed by atoms with E-state index in [1.54, 1.807) is 19.2 Å². The molecule has 0 aliphatic rings. The van der Waals surface area contributed by atoms with E-state index in [9.17, 15) is 5.11 Å². The second-order valence-electron chi connectivity index (χ2n) is 3.53. The topological polar surface area (TPSA) is 55.5 Å². The van der Waals surface area contributed by atoms with Gasteiger partial charge in [-0.2, -0.15) is 0 Å². The molecule has 0 aliphatic carbocycles. The number of nitrogens with two attached hydrogens (primary N) is 1. The molecule has 0 spiro atoms. The number of methoxy groups -OCH3 is 1. The number of rotatable bonds is 6. The molecule has 1 aromatic carbocycles. The van der Waals surface area contributed by atoms with Crippen molar-refractivity contribution >= 4 is 35.0 Å². The lowest BCUT2D eigenvalue weighted by atomic mass is 10.2. The largest absolute Gasteiger partial charge is 0.395 e. The summed E-state index contributed by atoms with van der Waals surface area (Å²) in [6.07, 6.45) is 0. The van der Waals surface area contributed by atoms with Gasteiger partial charge in [0.25, 0.3) is 0 Å². The van der Waals surface area contributed by atoms with E-state index >= 15 is 0 Å². The Hall–Kier alpha value is 0.0300. The zero-order valence-corrected chi connectivity index (χ0v) is 11.7. The first kappa shape index (κ1) is 15.1. The minimum Gasteiger partial charge on any atom is -0.395 e. The van der Waals surface area contributed by atoms with E-state index in [1.165, 1.54) is 11.8 Å². The molecule has 0 radical (unpaired) electrons. The lowest BCUT2D eigenvalue weighted by Crippen LogP contribution is -2.38. The van der Waals surface area contributed by atoms with Crippen LogP contribution in [0.25, 0.3) is 0 Å². The number of aliphatic hydroxyl groups excluding tert-OH is 1. The van der Waals surface area contributed by atoms with Crippen LogP contribution in [0.2, 0.25) is 10.0 Å². The third-order valence-corrected chi connectivity index (χ3v) is 4.26. The van der Waals surface area contributed by atoms with Gasteiger partial charge >= 0.3 is 0 Å². The monoisotopic (exact) mass is 295 g/mol. The third kappa shape index (κ3) is 4.66. The molecule has 0 saturated heterocycles. The van der Waals surface area contributed by atoms with Gasteiger partial charge in [0.1, 0.15) is 0 Å². The van der Waals surface area contributed by atoms with Crippen LogP contribution in [-0.2, 0) is 4.74 Å². The molecule has 0 amide bonds. The summed E-state index contributed by atoms with van der Waals surface area (Å²) in [5, 5.41) is 10.2. The van der Waals surface area contributed by atoms with Crippen LogP contribution in [0.15, 0.2) is 23.1 Å². The minimum absolute atomic E-state index is 0.0184. The van der Waals surface area contributed by atoms with Crippen LogP contribution in [0, 0.1) is 0 Å². The van der Waals surface area contributed by atoms with Crippen molar-refractivity contribution < 1.29 is 9.84 Å². The third-order valence-electron chi connectivity index (χ3n) is 2.20. The Morgan fingerprint density at radius 1 is 1.41 bits per heavy atom. The summed E-state index contributed by atoms with van der Waals surface area (Å²) >= 11 is 13.2. The van der Waals surface area contributed by atoms with Gasteiger partial charge in [-0.1, -0.05) is 23.2 Å². The molecule has 2 atom stereocenters. The van der Waals surface area contributed by atoms with Gasteiger partial charge in [-0.3, -0.25) is 0 Å². The number of halogens is 2. The first-order chi connectivity index (χ1) is 8.08. The first-order valence-corrected chi connectivity index (χ1v) is 6.69. The Morgan fingerprint density at radius 3 is 2.65 bits per heavy atom. The second-order valence-corrected chi connectivity index (χ2v) is 5.66. The van der Waals surface area contributed by atoms with Gasteiger partial charge in [0, 0.05) is 23.3 Å². The van der Waals surface area contributed by atoms with E-state index in [0.717, 1.165) is 4.90 Å². The van der Waals surface area contributed by atoms with E-state index < -0.39 is 0 Å². The summed E-state index contributed by atoms with van der Waals surface area (Å²) in [5.41, 5.74) is 5.89. The Morgan fingerprint density at radius 2 is 2.12 bits per heavy atom. The molecule has 3 nitrogen and oxygen atoms in total. The molecular formula is C11H15Cl2NO2S. The molecule has 0 aromatic heterocycles. The van der Waals surface area contributed by atoms with Crippen LogP contribution in [-0.4, -0.2) is 36.7 Å². The van der Waals surface area contributed by atoms with Gasteiger partial charge in [-0.15, -0.1) is 11.8 Å². The fourth-order valence-corrected chi connectivity index (χ4v) is 2.66. The van der Waals surface area contributed by atoms with Gasteiger partial charge in [0.2, 0.25) is 0 Å². The lowest BCUT2D eigenvalue weighted by molar-refractivity contribution is 0.167. The molecular weight excluding hydrogens is 281 g/mol. The standard InChI is InChI=1S/C11H15Cl2NO2S/c1-16-6-10(14)11(5-15)17-7-2-3-8(12)9(13)4-7/h2-4,10-11,15H,5-6,14H2,1H3. The van der Waals surface area contributed by atoms with E-state index in [1.807, 2.05) is 6.07 Å². The van der Waals surface area contributed by atoms with Crippen LogP contribution >= 0.6 is 35.0 Å². The minimum atomic E-state index is -0.232. The van der Waals surface area contributed by atoms with Crippen molar-refractivity contribution in [3.8, 4) is 0 Å². The van der Waals surface area contributed by atoms with Crippen LogP contribution in [0.5, 0.6) is 0 Å². The maximum atomic E-state index is 9.29. The Kier molecular flexibility index (Phi) is 6.62. The van der Waals surface area contributed by atoms with Crippen LogP contribution in [0.1, 0.15) is 0 Å². The van der Waals surface area contributed by atoms with Crippen molar-refractivity contribution in [3.05, 3.63) is 28.2 Å². The summed E-state index contributed by atoms with van der Waals surface area (Å²) < 4.78 is 4.97. The molecule has 96 valence electrons. The summed E-state index contributed by atoms with van der Waals surface area (Å²) in [6, 6.07) is 5.10. The summed E-state index contributed by atoms with van der Waals surface area (Å²) in [6.45, 7) is 0.384. The lowest BCUT2D eigenvalue weighted by Gasteiger charge is -2.20. The molecule has 1 rings (SSSR count). The normalized spacial score (nSPS) is 14.6. The maximum Gasteiger partial charge on any atom is 0.0625 e. The SMILES string of the molecule is COCC(N)C(CO)Sc1ccc(Cl)c(Cl)c1. The zero-order chi connectivity index (χ0) is 12.8. The van der Waals surface area contributed by atoms with E-state index in [4.69, 9.17) is 33.7 Å². The highest BCUT2D eigenvalue weighted by atomic mass is 35.5. The fourth-order valence-electron chi connectivity index (χ4n) is 1.28. The number of aliphatic hydroxyl groups is 1. The van der Waals surface area contributed by atoms with E-state index in [-0.39, 0.29) is 17.9 Å². The van der Waals surface area contributed by atoms with Crippen molar-refractivity contribution in [2.75, 3.05) is 20.3 Å². The maximum absolute atomic E-state index is 9.29. The molecule has 0 fully saturated rings. The van der Waals surface area contributed by atoms with Crippen molar-refractivity contribution in [2.45, 2.75) is 16.2 Å². The van der Waals surface area contributed by atoms with Crippen LogP contribution in [0.3, 0.4) is 0 Å². The molecule has 2 unspecified atom stereocenters. The van der Waals surface area contributed by atoms with Gasteiger partial charge in [-0.25, -0.2) is 0 Å². The number of thioether (sulfide) groups is 1. The highest BCUT2D eigenvalue weighted by Crippen LogP contribution is 2.30. The molecule has 1 aromatic rings. The van der Waals surface area contributed by atoms with Crippen molar-refractivity contribution in [3.63, 3.8) is 0 Å². The summed E-state index contributed by atoms with van der Waals surface area (Å²) in [4.78, 5) is 0.921. The van der Waals surface area contributed by atoms with Gasteiger partial charge in [0.15, 0.2) is 0 Å². The molecule has 0 heterocycles. The molecule has 0 saturated carbocycles. The quantitative estimate of drug-likeness (QED) is 0.792. The predicted octanol–water partition coefficient (Wildman–Crippen LogP) is 2.42.